The quantitative estimate of drug-likeness (QED) is 0.809. The number of pyridine rings is 1. The summed E-state index contributed by atoms with van der Waals surface area (Å²) in [6.07, 6.45) is 2.28. The largest absolute Gasteiger partial charge is 0.386 e. The third kappa shape index (κ3) is 3.98. The van der Waals surface area contributed by atoms with Crippen molar-refractivity contribution in [2.45, 2.75) is 25.3 Å². The molecule has 0 saturated carbocycles. The number of nitrogens with one attached hydrogen (secondary N) is 2. The summed E-state index contributed by atoms with van der Waals surface area (Å²) in [6, 6.07) is 3.38. The van der Waals surface area contributed by atoms with Gasteiger partial charge in [0, 0.05) is 19.8 Å². The van der Waals surface area contributed by atoms with E-state index in [1.807, 2.05) is 13.8 Å². The molecule has 0 aliphatic rings. The standard InChI is InChI=1S/C11H19N3O2S/c1-9(2)6-8-14-17(15,16)11-10(12-3)5-4-7-13-11/h4-5,7,9,12,14H,6,8H2,1-3H3. The van der Waals surface area contributed by atoms with Crippen LogP contribution in [0.2, 0.25) is 0 Å². The molecule has 0 unspecified atom stereocenters. The van der Waals surface area contributed by atoms with E-state index >= 15 is 0 Å². The Hall–Kier alpha value is -1.14. The topological polar surface area (TPSA) is 71.1 Å². The Labute approximate surface area is 103 Å². The molecule has 0 spiro atoms. The molecule has 0 atom stereocenters. The predicted octanol–water partition coefficient (Wildman–Crippen LogP) is 1.45. The number of aromatic nitrogens is 1. The van der Waals surface area contributed by atoms with E-state index in [0.717, 1.165) is 6.42 Å². The predicted molar refractivity (Wildman–Crippen MR) is 68.4 cm³/mol. The zero-order valence-corrected chi connectivity index (χ0v) is 11.2. The van der Waals surface area contributed by atoms with Crippen LogP contribution in [0.1, 0.15) is 20.3 Å². The molecule has 17 heavy (non-hydrogen) atoms. The van der Waals surface area contributed by atoms with Crippen molar-refractivity contribution in [1.82, 2.24) is 9.71 Å². The van der Waals surface area contributed by atoms with E-state index in [4.69, 9.17) is 0 Å². The number of hydrogen-bond donors (Lipinski definition) is 2. The van der Waals surface area contributed by atoms with Gasteiger partial charge in [-0.2, -0.15) is 0 Å². The van der Waals surface area contributed by atoms with Crippen LogP contribution in [0.3, 0.4) is 0 Å². The van der Waals surface area contributed by atoms with Gasteiger partial charge < -0.3 is 5.32 Å². The fraction of sp³-hybridized carbons (Fsp3) is 0.545. The number of sulfonamides is 1. The SMILES string of the molecule is CNc1cccnc1S(=O)(=O)NCCC(C)C. The Morgan fingerprint density at radius 2 is 2.12 bits per heavy atom. The maximum absolute atomic E-state index is 12.0. The Balaban J connectivity index is 2.82. The minimum Gasteiger partial charge on any atom is -0.386 e. The van der Waals surface area contributed by atoms with Gasteiger partial charge in [-0.25, -0.2) is 18.1 Å². The summed E-state index contributed by atoms with van der Waals surface area (Å²) in [6.45, 7) is 4.53. The summed E-state index contributed by atoms with van der Waals surface area (Å²) in [5.74, 6) is 0.463. The highest BCUT2D eigenvalue weighted by atomic mass is 32.2. The lowest BCUT2D eigenvalue weighted by Gasteiger charge is -2.10. The second-order valence-electron chi connectivity index (χ2n) is 4.19. The molecule has 0 fully saturated rings. The van der Waals surface area contributed by atoms with Crippen LogP contribution in [-0.4, -0.2) is 27.0 Å². The lowest BCUT2D eigenvalue weighted by atomic mass is 10.1. The Bertz CT molecular complexity index is 458. The van der Waals surface area contributed by atoms with Gasteiger partial charge in [0.2, 0.25) is 0 Å². The lowest BCUT2D eigenvalue weighted by Crippen LogP contribution is -2.27. The number of rotatable bonds is 6. The number of nitrogens with zero attached hydrogens (tertiary/aromatic N) is 1. The highest BCUT2D eigenvalue weighted by Gasteiger charge is 2.18. The van der Waals surface area contributed by atoms with Crippen molar-refractivity contribution in [1.29, 1.82) is 0 Å². The van der Waals surface area contributed by atoms with E-state index in [-0.39, 0.29) is 5.03 Å². The summed E-state index contributed by atoms with van der Waals surface area (Å²) >= 11 is 0. The number of anilines is 1. The van der Waals surface area contributed by atoms with Crippen molar-refractivity contribution in [2.75, 3.05) is 18.9 Å². The van der Waals surface area contributed by atoms with Gasteiger partial charge in [-0.1, -0.05) is 13.8 Å². The Morgan fingerprint density at radius 3 is 2.71 bits per heavy atom. The second-order valence-corrected chi connectivity index (χ2v) is 5.87. The number of hydrogen-bond acceptors (Lipinski definition) is 4. The van der Waals surface area contributed by atoms with Crippen LogP contribution in [-0.2, 0) is 10.0 Å². The van der Waals surface area contributed by atoms with Gasteiger partial charge in [0.1, 0.15) is 0 Å². The maximum atomic E-state index is 12.0. The average molecular weight is 257 g/mol. The van der Waals surface area contributed by atoms with Gasteiger partial charge >= 0.3 is 0 Å². The fourth-order valence-electron chi connectivity index (χ4n) is 1.35. The molecular weight excluding hydrogens is 238 g/mol. The molecule has 1 heterocycles. The van der Waals surface area contributed by atoms with Crippen LogP contribution in [0.5, 0.6) is 0 Å². The summed E-state index contributed by atoms with van der Waals surface area (Å²) in [5, 5.41) is 2.87. The Kier molecular flexibility index (Phi) is 4.89. The van der Waals surface area contributed by atoms with Crippen LogP contribution in [0.15, 0.2) is 23.4 Å². The molecule has 1 rings (SSSR count). The summed E-state index contributed by atoms with van der Waals surface area (Å²) in [4.78, 5) is 3.91. The first-order chi connectivity index (χ1) is 7.97. The average Bonchev–Trinajstić information content (AvgIpc) is 2.28. The van der Waals surface area contributed by atoms with Crippen LogP contribution < -0.4 is 10.0 Å². The van der Waals surface area contributed by atoms with Crippen molar-refractivity contribution < 1.29 is 8.42 Å². The van der Waals surface area contributed by atoms with E-state index < -0.39 is 10.0 Å². The van der Waals surface area contributed by atoms with Crippen LogP contribution in [0.25, 0.3) is 0 Å². The zero-order valence-electron chi connectivity index (χ0n) is 10.4. The lowest BCUT2D eigenvalue weighted by molar-refractivity contribution is 0.549. The molecule has 1 aromatic rings. The van der Waals surface area contributed by atoms with Gasteiger partial charge in [-0.05, 0) is 24.5 Å². The van der Waals surface area contributed by atoms with E-state index in [1.54, 1.807) is 19.2 Å². The van der Waals surface area contributed by atoms with Crippen molar-refractivity contribution in [2.24, 2.45) is 5.92 Å². The minimum absolute atomic E-state index is 0.0475. The zero-order chi connectivity index (χ0) is 12.9. The van der Waals surface area contributed by atoms with Crippen LogP contribution >= 0.6 is 0 Å². The first-order valence-electron chi connectivity index (χ1n) is 5.60. The molecule has 0 saturated heterocycles. The molecule has 0 radical (unpaired) electrons. The van der Waals surface area contributed by atoms with Gasteiger partial charge in [-0.3, -0.25) is 0 Å². The molecule has 0 bridgehead atoms. The Morgan fingerprint density at radius 1 is 1.41 bits per heavy atom. The molecule has 5 nitrogen and oxygen atoms in total. The highest BCUT2D eigenvalue weighted by Crippen LogP contribution is 2.16. The van der Waals surface area contributed by atoms with Gasteiger partial charge in [0.15, 0.2) is 5.03 Å². The molecule has 96 valence electrons. The molecule has 6 heteroatoms. The first kappa shape index (κ1) is 13.9. The summed E-state index contributed by atoms with van der Waals surface area (Å²) < 4.78 is 26.5. The van der Waals surface area contributed by atoms with Crippen LogP contribution in [0, 0.1) is 5.92 Å². The molecular formula is C11H19N3O2S. The fourth-order valence-corrected chi connectivity index (χ4v) is 2.53. The molecule has 1 aromatic heterocycles. The summed E-state index contributed by atoms with van der Waals surface area (Å²) in [5.41, 5.74) is 0.504. The first-order valence-corrected chi connectivity index (χ1v) is 7.08. The van der Waals surface area contributed by atoms with Crippen molar-refractivity contribution in [3.8, 4) is 0 Å². The van der Waals surface area contributed by atoms with E-state index in [9.17, 15) is 8.42 Å². The van der Waals surface area contributed by atoms with Crippen molar-refractivity contribution in [3.63, 3.8) is 0 Å². The molecule has 0 aliphatic heterocycles. The van der Waals surface area contributed by atoms with Gasteiger partial charge in [-0.15, -0.1) is 0 Å². The van der Waals surface area contributed by atoms with Gasteiger partial charge in [0.25, 0.3) is 10.0 Å². The van der Waals surface area contributed by atoms with Gasteiger partial charge in [0.05, 0.1) is 5.69 Å². The minimum atomic E-state index is -3.52. The van der Waals surface area contributed by atoms with Crippen molar-refractivity contribution >= 4 is 15.7 Å². The second kappa shape index (κ2) is 5.97. The highest BCUT2D eigenvalue weighted by molar-refractivity contribution is 7.89. The van der Waals surface area contributed by atoms with Crippen molar-refractivity contribution in [3.05, 3.63) is 18.3 Å². The van der Waals surface area contributed by atoms with E-state index in [2.05, 4.69) is 15.0 Å². The normalized spacial score (nSPS) is 11.8. The molecule has 0 aliphatic carbocycles. The summed E-state index contributed by atoms with van der Waals surface area (Å²) in [7, 11) is -1.85. The smallest absolute Gasteiger partial charge is 0.260 e. The van der Waals surface area contributed by atoms with Crippen LogP contribution in [0.4, 0.5) is 5.69 Å². The third-order valence-electron chi connectivity index (χ3n) is 2.31. The monoisotopic (exact) mass is 257 g/mol. The molecule has 0 amide bonds. The van der Waals surface area contributed by atoms with E-state index in [0.29, 0.717) is 18.2 Å². The molecule has 0 aromatic carbocycles. The van der Waals surface area contributed by atoms with E-state index in [1.165, 1.54) is 6.20 Å². The third-order valence-corrected chi connectivity index (χ3v) is 3.73. The molecule has 2 N–H and O–H groups in total. The maximum Gasteiger partial charge on any atom is 0.260 e.